The maximum atomic E-state index is 14.0. The van der Waals surface area contributed by atoms with Gasteiger partial charge in [-0.2, -0.15) is 0 Å². The SMILES string of the molecule is Cn1cccc1-c1c(OC(=O)O)c2ccccc2n1-c1ccc(O)c(F)c1. The number of para-hydroxylation sites is 1. The second-order valence-corrected chi connectivity index (χ2v) is 6.04. The molecular formula is C20H15FN2O4. The molecule has 0 saturated carbocycles. The molecule has 0 bridgehead atoms. The van der Waals surface area contributed by atoms with Gasteiger partial charge in [0, 0.05) is 30.4 Å². The first-order valence-corrected chi connectivity index (χ1v) is 8.12. The van der Waals surface area contributed by atoms with E-state index >= 15 is 0 Å². The summed E-state index contributed by atoms with van der Waals surface area (Å²) in [4.78, 5) is 11.3. The van der Waals surface area contributed by atoms with Gasteiger partial charge in [0.1, 0.15) is 5.69 Å². The predicted molar refractivity (Wildman–Crippen MR) is 98.0 cm³/mol. The summed E-state index contributed by atoms with van der Waals surface area (Å²) in [6.45, 7) is 0. The molecule has 0 saturated heterocycles. The Morgan fingerprint density at radius 1 is 1.11 bits per heavy atom. The van der Waals surface area contributed by atoms with Crippen LogP contribution in [-0.4, -0.2) is 25.5 Å². The minimum atomic E-state index is -1.44. The molecule has 136 valence electrons. The van der Waals surface area contributed by atoms with Crippen molar-refractivity contribution in [1.29, 1.82) is 0 Å². The molecule has 27 heavy (non-hydrogen) atoms. The van der Waals surface area contributed by atoms with Gasteiger partial charge in [-0.25, -0.2) is 9.18 Å². The highest BCUT2D eigenvalue weighted by Gasteiger charge is 2.24. The zero-order valence-electron chi connectivity index (χ0n) is 14.3. The monoisotopic (exact) mass is 366 g/mol. The average molecular weight is 366 g/mol. The van der Waals surface area contributed by atoms with E-state index in [0.717, 1.165) is 0 Å². The molecule has 2 heterocycles. The Balaban J connectivity index is 2.14. The first kappa shape index (κ1) is 16.7. The van der Waals surface area contributed by atoms with Crippen molar-refractivity contribution in [3.8, 4) is 28.6 Å². The number of phenolic OH excluding ortho intramolecular Hbond substituents is 1. The lowest BCUT2D eigenvalue weighted by molar-refractivity contribution is 0.145. The smallest absolute Gasteiger partial charge is 0.505 e. The van der Waals surface area contributed by atoms with E-state index in [0.29, 0.717) is 28.0 Å². The number of aromatic nitrogens is 2. The van der Waals surface area contributed by atoms with E-state index in [1.165, 1.54) is 12.1 Å². The van der Waals surface area contributed by atoms with Crippen molar-refractivity contribution in [1.82, 2.24) is 9.13 Å². The number of aromatic hydroxyl groups is 1. The van der Waals surface area contributed by atoms with Crippen molar-refractivity contribution in [3.63, 3.8) is 0 Å². The zero-order valence-corrected chi connectivity index (χ0v) is 14.3. The summed E-state index contributed by atoms with van der Waals surface area (Å²) in [5.41, 5.74) is 2.24. The third kappa shape index (κ3) is 2.69. The number of phenols is 1. The van der Waals surface area contributed by atoms with E-state index in [-0.39, 0.29) is 5.75 Å². The number of hydrogen-bond acceptors (Lipinski definition) is 3. The maximum Gasteiger partial charge on any atom is 0.511 e. The average Bonchev–Trinajstić information content (AvgIpc) is 3.18. The molecule has 2 aromatic heterocycles. The molecule has 2 aromatic carbocycles. The van der Waals surface area contributed by atoms with Gasteiger partial charge in [-0.15, -0.1) is 0 Å². The van der Waals surface area contributed by atoms with Crippen LogP contribution in [0.4, 0.5) is 9.18 Å². The Morgan fingerprint density at radius 3 is 2.56 bits per heavy atom. The first-order valence-electron chi connectivity index (χ1n) is 8.12. The minimum Gasteiger partial charge on any atom is -0.505 e. The fourth-order valence-electron chi connectivity index (χ4n) is 3.24. The molecule has 0 spiro atoms. The number of hydrogen-bond donors (Lipinski definition) is 2. The van der Waals surface area contributed by atoms with Crippen molar-refractivity contribution in [2.24, 2.45) is 7.05 Å². The summed E-state index contributed by atoms with van der Waals surface area (Å²) >= 11 is 0. The standard InChI is InChI=1S/C20H15FN2O4/c1-22-10-4-7-16(22)18-19(27-20(25)26)13-5-2-3-6-15(13)23(18)12-8-9-17(24)14(21)11-12/h2-11,24H,1H3,(H,25,26). The summed E-state index contributed by atoms with van der Waals surface area (Å²) in [5.74, 6) is -1.07. The Bertz CT molecular complexity index is 1180. The van der Waals surface area contributed by atoms with E-state index in [4.69, 9.17) is 4.74 Å². The maximum absolute atomic E-state index is 14.0. The van der Waals surface area contributed by atoms with Gasteiger partial charge in [0.15, 0.2) is 17.3 Å². The van der Waals surface area contributed by atoms with Gasteiger partial charge >= 0.3 is 6.16 Å². The highest BCUT2D eigenvalue weighted by atomic mass is 19.1. The van der Waals surface area contributed by atoms with Crippen LogP contribution in [0.2, 0.25) is 0 Å². The molecule has 2 N–H and O–H groups in total. The van der Waals surface area contributed by atoms with Gasteiger partial charge in [-0.3, -0.25) is 0 Å². The number of fused-ring (bicyclic) bond motifs is 1. The lowest BCUT2D eigenvalue weighted by atomic mass is 10.2. The molecular weight excluding hydrogens is 351 g/mol. The van der Waals surface area contributed by atoms with Gasteiger partial charge in [0.25, 0.3) is 0 Å². The fourth-order valence-corrected chi connectivity index (χ4v) is 3.24. The zero-order chi connectivity index (χ0) is 19.1. The lowest BCUT2D eigenvalue weighted by Crippen LogP contribution is -2.06. The van der Waals surface area contributed by atoms with Crippen LogP contribution in [0.1, 0.15) is 0 Å². The second-order valence-electron chi connectivity index (χ2n) is 6.04. The molecule has 7 heteroatoms. The fraction of sp³-hybridized carbons (Fsp3) is 0.0500. The van der Waals surface area contributed by atoms with Crippen LogP contribution >= 0.6 is 0 Å². The Kier molecular flexibility index (Phi) is 3.84. The third-order valence-electron chi connectivity index (χ3n) is 4.39. The van der Waals surface area contributed by atoms with Crippen LogP contribution in [-0.2, 0) is 7.05 Å². The number of ether oxygens (including phenoxy) is 1. The molecule has 4 aromatic rings. The van der Waals surface area contributed by atoms with Gasteiger partial charge < -0.3 is 24.1 Å². The van der Waals surface area contributed by atoms with Gasteiger partial charge in [0.2, 0.25) is 0 Å². The highest BCUT2D eigenvalue weighted by molar-refractivity contribution is 5.98. The van der Waals surface area contributed by atoms with Gasteiger partial charge in [0.05, 0.1) is 11.2 Å². The number of benzene rings is 2. The van der Waals surface area contributed by atoms with E-state index in [1.54, 1.807) is 34.9 Å². The van der Waals surface area contributed by atoms with Crippen molar-refractivity contribution in [2.45, 2.75) is 0 Å². The summed E-state index contributed by atoms with van der Waals surface area (Å²) in [7, 11) is 1.82. The molecule has 6 nitrogen and oxygen atoms in total. The molecule has 0 atom stereocenters. The van der Waals surface area contributed by atoms with Crippen LogP contribution in [0.15, 0.2) is 60.8 Å². The molecule has 0 fully saturated rings. The van der Waals surface area contributed by atoms with Crippen molar-refractivity contribution >= 4 is 17.1 Å². The Morgan fingerprint density at radius 2 is 1.89 bits per heavy atom. The highest BCUT2D eigenvalue weighted by Crippen LogP contribution is 2.42. The number of carboxylic acid groups (broad SMARTS) is 1. The Labute approximate surface area is 153 Å². The number of aryl methyl sites for hydroxylation is 1. The molecule has 0 radical (unpaired) electrons. The number of halogens is 1. The van der Waals surface area contributed by atoms with E-state index < -0.39 is 17.7 Å². The lowest BCUT2D eigenvalue weighted by Gasteiger charge is -2.13. The minimum absolute atomic E-state index is 0.161. The molecule has 4 rings (SSSR count). The second kappa shape index (κ2) is 6.21. The summed E-state index contributed by atoms with van der Waals surface area (Å²) in [6, 6.07) is 14.7. The van der Waals surface area contributed by atoms with Crippen molar-refractivity contribution < 1.29 is 24.1 Å². The number of carbonyl (C=O) groups is 1. The molecule has 0 aliphatic heterocycles. The topological polar surface area (TPSA) is 76.6 Å². The summed E-state index contributed by atoms with van der Waals surface area (Å²) < 4.78 is 22.7. The number of rotatable bonds is 3. The van der Waals surface area contributed by atoms with Gasteiger partial charge in [-0.05, 0) is 36.4 Å². The summed E-state index contributed by atoms with van der Waals surface area (Å²) in [5, 5.41) is 19.4. The van der Waals surface area contributed by atoms with Crippen LogP contribution in [0, 0.1) is 5.82 Å². The van der Waals surface area contributed by atoms with Crippen LogP contribution in [0.3, 0.4) is 0 Å². The van der Waals surface area contributed by atoms with Crippen LogP contribution in [0.25, 0.3) is 28.0 Å². The summed E-state index contributed by atoms with van der Waals surface area (Å²) in [6.07, 6.45) is 0.379. The number of nitrogens with zero attached hydrogens (tertiary/aromatic N) is 2. The molecule has 0 aliphatic carbocycles. The Hall–Kier alpha value is -3.74. The molecule has 0 amide bonds. The van der Waals surface area contributed by atoms with Crippen molar-refractivity contribution in [3.05, 3.63) is 66.6 Å². The van der Waals surface area contributed by atoms with Crippen molar-refractivity contribution in [2.75, 3.05) is 0 Å². The van der Waals surface area contributed by atoms with Crippen LogP contribution < -0.4 is 4.74 Å². The van der Waals surface area contributed by atoms with E-state index in [2.05, 4.69) is 0 Å². The van der Waals surface area contributed by atoms with E-state index in [1.807, 2.05) is 29.9 Å². The predicted octanol–water partition coefficient (Wildman–Crippen LogP) is 4.54. The third-order valence-corrected chi connectivity index (χ3v) is 4.39. The molecule has 0 unspecified atom stereocenters. The first-order chi connectivity index (χ1) is 13.0. The quantitative estimate of drug-likeness (QED) is 0.522. The normalized spacial score (nSPS) is 11.0. The molecule has 0 aliphatic rings. The van der Waals surface area contributed by atoms with Crippen LogP contribution in [0.5, 0.6) is 11.5 Å². The van der Waals surface area contributed by atoms with Gasteiger partial charge in [-0.1, -0.05) is 12.1 Å². The van der Waals surface area contributed by atoms with E-state index in [9.17, 15) is 19.4 Å². The largest absolute Gasteiger partial charge is 0.511 e.